The Kier molecular flexibility index (Phi) is 17.0. The van der Waals surface area contributed by atoms with Crippen LogP contribution in [0.3, 0.4) is 0 Å². The van der Waals surface area contributed by atoms with Crippen molar-refractivity contribution in [1.82, 2.24) is 56.7 Å². The third-order valence-corrected chi connectivity index (χ3v) is 14.2. The quantitative estimate of drug-likeness (QED) is 0.0487. The number of carbonyl (C=O) groups is 9. The van der Waals surface area contributed by atoms with Crippen LogP contribution in [0, 0.1) is 17.8 Å². The summed E-state index contributed by atoms with van der Waals surface area (Å²) >= 11 is 0. The summed E-state index contributed by atoms with van der Waals surface area (Å²) in [4.78, 5) is 140. The minimum Gasteiger partial charge on any atom is -0.480 e. The van der Waals surface area contributed by atoms with E-state index in [2.05, 4.69) is 52.2 Å². The monoisotopic (exact) mass is 1030 g/mol. The molecular formula is C50H70N14O10. The maximum atomic E-state index is 15.3. The van der Waals surface area contributed by atoms with Crippen LogP contribution in [-0.4, -0.2) is 145 Å². The van der Waals surface area contributed by atoms with Crippen LogP contribution < -0.4 is 48.7 Å². The number of benzene rings is 1. The highest BCUT2D eigenvalue weighted by Gasteiger charge is 2.43. The summed E-state index contributed by atoms with van der Waals surface area (Å²) in [6.07, 6.45) is 3.94. The molecule has 5 aliphatic heterocycles. The molecule has 0 aliphatic carbocycles. The van der Waals surface area contributed by atoms with Gasteiger partial charge in [-0.25, -0.2) is 9.78 Å². The Morgan fingerprint density at radius 2 is 1.57 bits per heavy atom. The van der Waals surface area contributed by atoms with Crippen LogP contribution in [0.15, 0.2) is 35.7 Å². The summed E-state index contributed by atoms with van der Waals surface area (Å²) in [7, 11) is 0. The number of aromatic amines is 1. The summed E-state index contributed by atoms with van der Waals surface area (Å²) in [5, 5.41) is 30.6. The molecule has 8 amide bonds. The molecule has 2 aromatic heterocycles. The second-order valence-corrected chi connectivity index (χ2v) is 20.9. The summed E-state index contributed by atoms with van der Waals surface area (Å²) in [5.74, 6) is -7.88. The van der Waals surface area contributed by atoms with Gasteiger partial charge in [-0.15, -0.1) is 0 Å². The number of hydrogen-bond acceptors (Lipinski definition) is 11. The van der Waals surface area contributed by atoms with Gasteiger partial charge in [0.25, 0.3) is 0 Å². The van der Waals surface area contributed by atoms with Gasteiger partial charge >= 0.3 is 5.97 Å². The zero-order valence-corrected chi connectivity index (χ0v) is 42.7. The molecule has 2 fully saturated rings. The number of guanidine groups is 1. The first-order chi connectivity index (χ1) is 35.1. The van der Waals surface area contributed by atoms with E-state index in [-0.39, 0.29) is 93.9 Å². The third-order valence-electron chi connectivity index (χ3n) is 14.2. The predicted octanol–water partition coefficient (Wildman–Crippen LogP) is -0.776. The number of rotatable bonds is 11. The average Bonchev–Trinajstić information content (AvgIpc) is 4.17. The Morgan fingerprint density at radius 1 is 0.838 bits per heavy atom. The molecular weight excluding hydrogens is 957 g/mol. The first kappa shape index (κ1) is 54.2. The fourth-order valence-corrected chi connectivity index (χ4v) is 10.5. The van der Waals surface area contributed by atoms with Crippen molar-refractivity contribution in [2.75, 3.05) is 13.1 Å². The van der Waals surface area contributed by atoms with Crippen LogP contribution in [0.4, 0.5) is 0 Å². The van der Waals surface area contributed by atoms with Gasteiger partial charge in [0.15, 0.2) is 5.96 Å². The topological polar surface area (TPSA) is 359 Å². The van der Waals surface area contributed by atoms with E-state index in [9.17, 15) is 43.5 Å². The lowest BCUT2D eigenvalue weighted by molar-refractivity contribution is -0.143. The van der Waals surface area contributed by atoms with Crippen LogP contribution in [-0.2, 0) is 56.0 Å². The van der Waals surface area contributed by atoms with Crippen molar-refractivity contribution in [3.63, 3.8) is 0 Å². The van der Waals surface area contributed by atoms with Crippen molar-refractivity contribution < 1.29 is 48.3 Å². The molecule has 24 heteroatoms. The van der Waals surface area contributed by atoms with E-state index in [0.29, 0.717) is 34.3 Å². The number of aliphatic imine (C=N–C) groups is 1. The number of fused-ring (bicyclic) bond motifs is 14. The van der Waals surface area contributed by atoms with Crippen LogP contribution in [0.25, 0.3) is 16.7 Å². The number of aromatic nitrogens is 3. The van der Waals surface area contributed by atoms with Gasteiger partial charge < -0.3 is 63.7 Å². The number of carboxylic acids is 1. The highest BCUT2D eigenvalue weighted by Crippen LogP contribution is 2.35. The second kappa shape index (κ2) is 23.1. The van der Waals surface area contributed by atoms with Crippen molar-refractivity contribution in [3.8, 4) is 5.82 Å². The van der Waals surface area contributed by atoms with E-state index in [4.69, 9.17) is 11.5 Å². The molecule has 3 aromatic rings. The van der Waals surface area contributed by atoms with Gasteiger partial charge in [-0.05, 0) is 67.9 Å². The van der Waals surface area contributed by atoms with Gasteiger partial charge in [0.05, 0.1) is 5.69 Å². The minimum atomic E-state index is -1.49. The van der Waals surface area contributed by atoms with Crippen molar-refractivity contribution in [2.45, 2.75) is 154 Å². The molecule has 0 saturated carbocycles. The molecule has 9 atom stereocenters. The number of nitrogens with zero attached hydrogens (tertiary/aromatic N) is 4. The Balaban J connectivity index is 1.41. The summed E-state index contributed by atoms with van der Waals surface area (Å²) in [6.45, 7) is 11.2. The lowest BCUT2D eigenvalue weighted by Gasteiger charge is -2.33. The summed E-state index contributed by atoms with van der Waals surface area (Å²) in [6, 6.07) is -4.35. The van der Waals surface area contributed by atoms with Crippen LogP contribution in [0.2, 0.25) is 0 Å². The fraction of sp³-hybridized carbons (Fsp3) is 0.580. The molecule has 74 heavy (non-hydrogen) atoms. The molecule has 1 aromatic carbocycles. The molecule has 400 valence electrons. The van der Waals surface area contributed by atoms with E-state index in [0.717, 1.165) is 0 Å². The van der Waals surface area contributed by atoms with E-state index < -0.39 is 107 Å². The molecule has 24 nitrogen and oxygen atoms in total. The smallest absolute Gasteiger partial charge is 0.326 e. The van der Waals surface area contributed by atoms with E-state index in [1.165, 1.54) is 11.2 Å². The number of aliphatic carboxylic acids is 1. The second-order valence-electron chi connectivity index (χ2n) is 20.9. The molecule has 0 radical (unpaired) electrons. The maximum absolute atomic E-state index is 15.3. The SMILES string of the molecule is CC(C)C[C@H]1NC(=O)[C@H](NC(=O)[C@H]2CCC(=O)N2)[C@@H](C(C)C)c2ccc3c4c([nH]c3c2)-n2cnc(c2)C[C@H](C(=O)O)NC(=O)[C@@H](CCCN=C(N)N)NC(=O)[C@H]2CCCN2C(=O)[C@@H](C4)NC(=O)[C@@H](C(C)C)NC1=O. The lowest BCUT2D eigenvalue weighted by atomic mass is 9.81. The number of carbonyl (C=O) groups excluding carboxylic acids is 8. The highest BCUT2D eigenvalue weighted by molar-refractivity contribution is 6.00. The number of amides is 8. The Morgan fingerprint density at radius 3 is 2.23 bits per heavy atom. The normalized spacial score (nSPS) is 26.3. The number of H-pyrrole nitrogens is 1. The van der Waals surface area contributed by atoms with Crippen LogP contribution in [0.1, 0.15) is 109 Å². The van der Waals surface area contributed by atoms with Crippen LogP contribution >= 0.6 is 0 Å². The van der Waals surface area contributed by atoms with Crippen LogP contribution in [0.5, 0.6) is 0 Å². The van der Waals surface area contributed by atoms with Gasteiger partial charge in [-0.2, -0.15) is 0 Å². The standard InChI is InChI=1S/C50H70N14O10/c1-23(2)17-33-44(68)61-39(25(5)6)46(70)59-34-20-29-28-12-11-26(38(24(3)4)40(47(71)58-33)62-43(67)31-13-14-37(65)55-31)18-32(28)56-41(29)63-21-27(54-22-63)19-35(49(73)74)60-42(66)30(9-7-15-53-50(51)52)57-45(69)36-10-8-16-64(36)48(34)72/h11-12,18,21-25,30-31,33-36,38-40,56H,7-10,13-17,19-20H2,1-6H3,(H,55,65)(H,57,69)(H,58,71)(H,59,70)(H,60,66)(H,61,68)(H,62,67)(H,73,74)(H4,51,52,53)/t30-,31-,33-,34-,35-,36-,38+,39-,40-/m1/s1. The summed E-state index contributed by atoms with van der Waals surface area (Å²) in [5.41, 5.74) is 12.9. The van der Waals surface area contributed by atoms with Crippen molar-refractivity contribution in [3.05, 3.63) is 47.5 Å². The van der Waals surface area contributed by atoms with Crippen molar-refractivity contribution >= 4 is 70.1 Å². The summed E-state index contributed by atoms with van der Waals surface area (Å²) < 4.78 is 1.61. The first-order valence-electron chi connectivity index (χ1n) is 25.5. The molecule has 7 heterocycles. The van der Waals surface area contributed by atoms with Gasteiger partial charge in [0, 0.05) is 60.9 Å². The van der Waals surface area contributed by atoms with E-state index in [1.54, 1.807) is 24.6 Å². The molecule has 7 bridgehead atoms. The number of hydrogen-bond donors (Lipinski definition) is 11. The maximum Gasteiger partial charge on any atom is 0.326 e. The molecule has 5 aliphatic rings. The largest absolute Gasteiger partial charge is 0.480 e. The van der Waals surface area contributed by atoms with Crippen molar-refractivity contribution in [2.24, 2.45) is 34.2 Å². The molecule has 2 saturated heterocycles. The Bertz CT molecular complexity index is 2690. The molecule has 0 spiro atoms. The Labute approximate surface area is 428 Å². The first-order valence-corrected chi connectivity index (χ1v) is 25.5. The zero-order chi connectivity index (χ0) is 53.7. The van der Waals surface area contributed by atoms with Gasteiger partial charge in [-0.1, -0.05) is 53.7 Å². The fourth-order valence-electron chi connectivity index (χ4n) is 10.5. The molecule has 0 unspecified atom stereocenters. The predicted molar refractivity (Wildman–Crippen MR) is 270 cm³/mol. The number of nitrogens with one attached hydrogen (secondary N) is 8. The van der Waals surface area contributed by atoms with Gasteiger partial charge in [0.2, 0.25) is 47.3 Å². The van der Waals surface area contributed by atoms with E-state index >= 15 is 4.79 Å². The molecule has 8 rings (SSSR count). The number of nitrogens with two attached hydrogens (primary N) is 2. The van der Waals surface area contributed by atoms with E-state index in [1.807, 2.05) is 45.9 Å². The zero-order valence-electron chi connectivity index (χ0n) is 42.7. The third kappa shape index (κ3) is 12.4. The highest BCUT2D eigenvalue weighted by atomic mass is 16.4. The minimum absolute atomic E-state index is 0.00936. The number of imidazole rings is 1. The van der Waals surface area contributed by atoms with Gasteiger partial charge in [0.1, 0.15) is 60.5 Å². The lowest BCUT2D eigenvalue weighted by Crippen LogP contribution is -2.61. The van der Waals surface area contributed by atoms with Gasteiger partial charge in [-0.3, -0.25) is 47.9 Å². The molecule has 13 N–H and O–H groups in total. The van der Waals surface area contributed by atoms with Crippen molar-refractivity contribution in [1.29, 1.82) is 0 Å². The number of carboxylic acid groups (broad SMARTS) is 1. The Hall–Kier alpha value is -7.53. The average molecular weight is 1030 g/mol.